The molecular formula is C14H17ClN4O2. The molecule has 0 unspecified atom stereocenters. The van der Waals surface area contributed by atoms with Crippen LogP contribution in [0.1, 0.15) is 31.5 Å². The Morgan fingerprint density at radius 2 is 2.00 bits per heavy atom. The fourth-order valence-electron chi connectivity index (χ4n) is 1.59. The molecule has 1 aromatic carbocycles. The summed E-state index contributed by atoms with van der Waals surface area (Å²) in [5.41, 5.74) is 0.678. The molecule has 7 heteroatoms. The zero-order valence-electron chi connectivity index (χ0n) is 11.9. The maximum atomic E-state index is 11.7. The van der Waals surface area contributed by atoms with Crippen LogP contribution in [-0.4, -0.2) is 22.8 Å². The number of nitrogens with zero attached hydrogens (tertiary/aromatic N) is 2. The van der Waals surface area contributed by atoms with Crippen molar-refractivity contribution < 1.29 is 9.21 Å². The van der Waals surface area contributed by atoms with Gasteiger partial charge in [-0.05, 0) is 24.3 Å². The van der Waals surface area contributed by atoms with Crippen LogP contribution in [0.4, 0.5) is 10.5 Å². The minimum absolute atomic E-state index is 0.201. The number of aromatic nitrogens is 2. The van der Waals surface area contributed by atoms with Crippen LogP contribution in [0.25, 0.3) is 0 Å². The monoisotopic (exact) mass is 308 g/mol. The third kappa shape index (κ3) is 4.75. The number of rotatable bonds is 5. The van der Waals surface area contributed by atoms with Gasteiger partial charge in [-0.3, -0.25) is 0 Å². The number of halogens is 1. The molecule has 0 saturated heterocycles. The predicted octanol–water partition coefficient (Wildman–Crippen LogP) is 3.21. The Morgan fingerprint density at radius 1 is 1.29 bits per heavy atom. The number of carbonyl (C=O) groups excluding carboxylic acids is 1. The molecule has 0 fully saturated rings. The highest BCUT2D eigenvalue weighted by Gasteiger charge is 2.09. The Hall–Kier alpha value is -2.08. The second-order valence-electron chi connectivity index (χ2n) is 4.83. The maximum Gasteiger partial charge on any atom is 0.319 e. The van der Waals surface area contributed by atoms with Crippen molar-refractivity contribution in [1.29, 1.82) is 0 Å². The predicted molar refractivity (Wildman–Crippen MR) is 80.6 cm³/mol. The summed E-state index contributed by atoms with van der Waals surface area (Å²) in [6.07, 6.45) is 0.494. The Morgan fingerprint density at radius 3 is 2.62 bits per heavy atom. The van der Waals surface area contributed by atoms with Crippen LogP contribution in [0.2, 0.25) is 5.02 Å². The Bertz CT molecular complexity index is 595. The summed E-state index contributed by atoms with van der Waals surface area (Å²) in [5, 5.41) is 13.9. The van der Waals surface area contributed by atoms with E-state index in [-0.39, 0.29) is 11.9 Å². The highest BCUT2D eigenvalue weighted by Crippen LogP contribution is 2.13. The molecule has 2 rings (SSSR count). The van der Waals surface area contributed by atoms with Crippen LogP contribution < -0.4 is 10.6 Å². The number of amides is 2. The second-order valence-corrected chi connectivity index (χ2v) is 5.26. The van der Waals surface area contributed by atoms with Crippen molar-refractivity contribution in [3.8, 4) is 0 Å². The smallest absolute Gasteiger partial charge is 0.319 e. The number of anilines is 1. The molecule has 6 nitrogen and oxygen atoms in total. The lowest BCUT2D eigenvalue weighted by atomic mass is 10.2. The van der Waals surface area contributed by atoms with Crippen molar-refractivity contribution >= 4 is 23.3 Å². The molecule has 0 spiro atoms. The van der Waals surface area contributed by atoms with Gasteiger partial charge >= 0.3 is 6.03 Å². The molecule has 2 N–H and O–H groups in total. The number of nitrogens with one attached hydrogen (secondary N) is 2. The lowest BCUT2D eigenvalue weighted by Crippen LogP contribution is -2.30. The van der Waals surface area contributed by atoms with Gasteiger partial charge in [0.1, 0.15) is 0 Å². The van der Waals surface area contributed by atoms with Crippen molar-refractivity contribution in [3.63, 3.8) is 0 Å². The molecule has 0 aliphatic carbocycles. The zero-order chi connectivity index (χ0) is 15.2. The number of benzene rings is 1. The van der Waals surface area contributed by atoms with Crippen molar-refractivity contribution in [1.82, 2.24) is 15.5 Å². The summed E-state index contributed by atoms with van der Waals surface area (Å²) >= 11 is 5.77. The van der Waals surface area contributed by atoms with E-state index in [1.165, 1.54) is 0 Å². The van der Waals surface area contributed by atoms with Gasteiger partial charge in [0.05, 0.1) is 0 Å². The van der Waals surface area contributed by atoms with Gasteiger partial charge < -0.3 is 15.1 Å². The van der Waals surface area contributed by atoms with Crippen LogP contribution in [-0.2, 0) is 6.42 Å². The lowest BCUT2D eigenvalue weighted by molar-refractivity contribution is 0.252. The molecule has 21 heavy (non-hydrogen) atoms. The van der Waals surface area contributed by atoms with E-state index in [1.807, 2.05) is 13.8 Å². The SMILES string of the molecule is CC(C)c1nnc(CCNC(=O)Nc2ccc(Cl)cc2)o1. The van der Waals surface area contributed by atoms with E-state index in [0.29, 0.717) is 35.5 Å². The number of hydrogen-bond acceptors (Lipinski definition) is 4. The average molecular weight is 309 g/mol. The highest BCUT2D eigenvalue weighted by atomic mass is 35.5. The summed E-state index contributed by atoms with van der Waals surface area (Å²) < 4.78 is 5.45. The number of hydrogen-bond donors (Lipinski definition) is 2. The Kier molecular flexibility index (Phi) is 5.16. The molecule has 0 saturated carbocycles. The Balaban J connectivity index is 1.74. The van der Waals surface area contributed by atoms with Crippen LogP contribution in [0.3, 0.4) is 0 Å². The van der Waals surface area contributed by atoms with E-state index < -0.39 is 0 Å². The normalized spacial score (nSPS) is 10.7. The largest absolute Gasteiger partial charge is 0.425 e. The van der Waals surface area contributed by atoms with Crippen molar-refractivity contribution in [2.24, 2.45) is 0 Å². The molecule has 0 aliphatic rings. The zero-order valence-corrected chi connectivity index (χ0v) is 12.6. The van der Waals surface area contributed by atoms with Gasteiger partial charge in [0.2, 0.25) is 11.8 Å². The summed E-state index contributed by atoms with van der Waals surface area (Å²) in [6.45, 7) is 4.38. The molecule has 0 aliphatic heterocycles. The van der Waals surface area contributed by atoms with E-state index in [1.54, 1.807) is 24.3 Å². The average Bonchev–Trinajstić information content (AvgIpc) is 2.90. The van der Waals surface area contributed by atoms with Crippen LogP contribution in [0, 0.1) is 0 Å². The van der Waals surface area contributed by atoms with Gasteiger partial charge in [-0.1, -0.05) is 25.4 Å². The van der Waals surface area contributed by atoms with Crippen molar-refractivity contribution in [2.75, 3.05) is 11.9 Å². The molecule has 0 atom stereocenters. The molecule has 2 aromatic rings. The van der Waals surface area contributed by atoms with Gasteiger partial charge in [0.15, 0.2) is 0 Å². The molecule has 0 bridgehead atoms. The molecule has 2 amide bonds. The highest BCUT2D eigenvalue weighted by molar-refractivity contribution is 6.30. The van der Waals surface area contributed by atoms with Crippen LogP contribution in [0.5, 0.6) is 0 Å². The molecule has 0 radical (unpaired) electrons. The maximum absolute atomic E-state index is 11.7. The van der Waals surface area contributed by atoms with Gasteiger partial charge in [-0.15, -0.1) is 10.2 Å². The molecule has 1 aromatic heterocycles. The fraction of sp³-hybridized carbons (Fsp3) is 0.357. The first-order valence-electron chi connectivity index (χ1n) is 6.67. The molecule has 1 heterocycles. The fourth-order valence-corrected chi connectivity index (χ4v) is 1.72. The first-order valence-corrected chi connectivity index (χ1v) is 7.05. The number of urea groups is 1. The molecular weight excluding hydrogens is 292 g/mol. The lowest BCUT2D eigenvalue weighted by Gasteiger charge is -2.06. The number of carbonyl (C=O) groups is 1. The Labute approximate surface area is 127 Å². The van der Waals surface area contributed by atoms with E-state index in [0.717, 1.165) is 0 Å². The third-order valence-corrected chi connectivity index (χ3v) is 2.95. The first kappa shape index (κ1) is 15.3. The summed E-state index contributed by atoms with van der Waals surface area (Å²) in [7, 11) is 0. The van der Waals surface area contributed by atoms with Crippen LogP contribution >= 0.6 is 11.6 Å². The first-order chi connectivity index (χ1) is 10.0. The standard InChI is InChI=1S/C14H17ClN4O2/c1-9(2)13-19-18-12(21-13)7-8-16-14(20)17-11-5-3-10(15)4-6-11/h3-6,9H,7-8H2,1-2H3,(H2,16,17,20). The van der Waals surface area contributed by atoms with E-state index >= 15 is 0 Å². The van der Waals surface area contributed by atoms with E-state index in [9.17, 15) is 4.79 Å². The topological polar surface area (TPSA) is 80.0 Å². The van der Waals surface area contributed by atoms with Gasteiger partial charge in [0, 0.05) is 29.6 Å². The van der Waals surface area contributed by atoms with Gasteiger partial charge in [-0.25, -0.2) is 4.79 Å². The van der Waals surface area contributed by atoms with E-state index in [4.69, 9.17) is 16.0 Å². The van der Waals surface area contributed by atoms with Gasteiger partial charge in [-0.2, -0.15) is 0 Å². The minimum Gasteiger partial charge on any atom is -0.425 e. The third-order valence-electron chi connectivity index (χ3n) is 2.70. The summed E-state index contributed by atoms with van der Waals surface area (Å²) in [5.74, 6) is 1.33. The molecule has 112 valence electrons. The minimum atomic E-state index is -0.291. The quantitative estimate of drug-likeness (QED) is 0.888. The van der Waals surface area contributed by atoms with Gasteiger partial charge in [0.25, 0.3) is 0 Å². The van der Waals surface area contributed by atoms with Crippen LogP contribution in [0.15, 0.2) is 28.7 Å². The van der Waals surface area contributed by atoms with E-state index in [2.05, 4.69) is 20.8 Å². The summed E-state index contributed by atoms with van der Waals surface area (Å²) in [4.78, 5) is 11.7. The summed E-state index contributed by atoms with van der Waals surface area (Å²) in [6, 6.07) is 6.59. The van der Waals surface area contributed by atoms with Crippen molar-refractivity contribution in [3.05, 3.63) is 41.1 Å². The second kappa shape index (κ2) is 7.08. The van der Waals surface area contributed by atoms with Crippen molar-refractivity contribution in [2.45, 2.75) is 26.2 Å².